The van der Waals surface area contributed by atoms with Gasteiger partial charge in [-0.2, -0.15) is 58.9 Å². The van der Waals surface area contributed by atoms with Crippen molar-refractivity contribution in [2.75, 3.05) is 5.73 Å². The van der Waals surface area contributed by atoms with Gasteiger partial charge in [-0.15, -0.1) is 30.7 Å². The van der Waals surface area contributed by atoms with Gasteiger partial charge in [0.15, 0.2) is 11.5 Å². The maximum Gasteiger partial charge on any atom is 0.297 e. The number of nitrogens with zero attached hydrogens (tertiary/aromatic N) is 7. The van der Waals surface area contributed by atoms with Gasteiger partial charge in [-0.1, -0.05) is 0 Å². The van der Waals surface area contributed by atoms with Gasteiger partial charge in [-0.25, -0.2) is 0 Å². The van der Waals surface area contributed by atoms with Crippen LogP contribution >= 0.6 is 0 Å². The van der Waals surface area contributed by atoms with Crippen LogP contribution < -0.4 is 5.73 Å². The van der Waals surface area contributed by atoms with Crippen LogP contribution in [0.1, 0.15) is 0 Å². The van der Waals surface area contributed by atoms with E-state index in [9.17, 15) is 111 Å². The zero-order valence-corrected chi connectivity index (χ0v) is 39.7. The third-order valence-corrected chi connectivity index (χ3v) is 15.5. The van der Waals surface area contributed by atoms with Crippen LogP contribution in [0.15, 0.2) is 132 Å². The van der Waals surface area contributed by atoms with Crippen molar-refractivity contribution in [3.63, 3.8) is 0 Å². The zero-order valence-electron chi connectivity index (χ0n) is 34.0. The number of aromatic hydroxyl groups is 2. The van der Waals surface area contributed by atoms with Gasteiger partial charge in [0.25, 0.3) is 76.5 Å². The summed E-state index contributed by atoms with van der Waals surface area (Å²) in [6.07, 6.45) is 0. The number of rotatable bonds is 14. The van der Waals surface area contributed by atoms with Crippen LogP contribution in [0.2, 0.25) is 0 Å². The third-order valence-electron chi connectivity index (χ3n) is 9.29. The number of nitro benzene ring substituents is 1. The average Bonchev–Trinajstić information content (AvgIpc) is 3.22. The first-order chi connectivity index (χ1) is 32.7. The number of anilines is 1. The molecule has 0 heterocycles. The Morgan fingerprint density at radius 1 is 0.417 bits per heavy atom. The second kappa shape index (κ2) is 18.1. The van der Waals surface area contributed by atoms with Gasteiger partial charge in [0.1, 0.15) is 63.5 Å². The maximum absolute atomic E-state index is 12.9. The molecule has 33 nitrogen and oxygen atoms in total. The van der Waals surface area contributed by atoms with Gasteiger partial charge in [-0.3, -0.25) is 42.0 Å². The van der Waals surface area contributed by atoms with Crippen LogP contribution in [0.25, 0.3) is 21.5 Å². The topological polar surface area (TPSA) is 564 Å². The van der Waals surface area contributed by atoms with Crippen molar-refractivity contribution in [2.24, 2.45) is 30.7 Å². The fourth-order valence-electron chi connectivity index (χ4n) is 6.29. The van der Waals surface area contributed by atoms with Crippen LogP contribution in [0, 0.1) is 10.1 Å². The van der Waals surface area contributed by atoms with Crippen LogP contribution in [0.4, 0.5) is 45.5 Å². The average molecular weight is 1140 g/mol. The zero-order chi connectivity index (χ0) is 54.2. The lowest BCUT2D eigenvalue weighted by Gasteiger charge is -2.15. The number of hydrogen-bond donors (Lipinski definition) is 10. The number of nitro groups is 1. The quantitative estimate of drug-likeness (QED) is 0.0229. The summed E-state index contributed by atoms with van der Waals surface area (Å²) in [4.78, 5) is 0.353. The lowest BCUT2D eigenvalue weighted by atomic mass is 10.0. The normalized spacial score (nSPS) is 13.5. The van der Waals surface area contributed by atoms with Gasteiger partial charge in [-0.05, 0) is 54.6 Å². The van der Waals surface area contributed by atoms with E-state index in [1.165, 1.54) is 0 Å². The number of hydrogen-bond acceptors (Lipinski definition) is 25. The molecule has 6 aromatic rings. The van der Waals surface area contributed by atoms with E-state index in [1.807, 2.05) is 0 Å². The van der Waals surface area contributed by atoms with Crippen LogP contribution in [-0.4, -0.2) is 106 Å². The van der Waals surface area contributed by atoms with Crippen LogP contribution in [0.3, 0.4) is 0 Å². The largest absolute Gasteiger partial charge is 0.505 e. The molecule has 6 rings (SSSR count). The highest BCUT2D eigenvalue weighted by Gasteiger charge is 2.31. The predicted molar refractivity (Wildman–Crippen MR) is 236 cm³/mol. The molecular weight excluding hydrogens is 1120 g/mol. The molecule has 0 saturated carbocycles. The molecule has 0 bridgehead atoms. The number of non-ortho nitro benzene ring substituents is 1. The van der Waals surface area contributed by atoms with Gasteiger partial charge < -0.3 is 15.9 Å². The number of phenols is 2. The third kappa shape index (κ3) is 10.8. The van der Waals surface area contributed by atoms with E-state index in [0.717, 1.165) is 0 Å². The molecule has 0 aliphatic rings. The number of nitrogen functional groups attached to an aromatic ring is 1. The maximum atomic E-state index is 12.9. The summed E-state index contributed by atoms with van der Waals surface area (Å²) in [5.74, 6) is -3.00. The summed E-state index contributed by atoms with van der Waals surface area (Å²) in [5.41, 5.74) is -2.55. The fourth-order valence-corrected chi connectivity index (χ4v) is 11.0. The van der Waals surface area contributed by atoms with E-state index >= 15 is 0 Å². The summed E-state index contributed by atoms with van der Waals surface area (Å²) >= 11 is 0. The molecule has 0 amide bonds. The predicted octanol–water partition coefficient (Wildman–Crippen LogP) is 4.87. The van der Waals surface area contributed by atoms with Crippen molar-refractivity contribution in [3.8, 4) is 11.5 Å². The van der Waals surface area contributed by atoms with E-state index in [2.05, 4.69) is 30.7 Å². The molecular formula is C32H22N8O25S7. The van der Waals surface area contributed by atoms with Crippen molar-refractivity contribution in [2.45, 2.75) is 34.3 Å². The molecule has 6 aromatic carbocycles. The molecule has 382 valence electrons. The monoisotopic (exact) mass is 1140 g/mol. The molecule has 0 aromatic heterocycles. The lowest BCUT2D eigenvalue weighted by Crippen LogP contribution is -2.04. The Labute approximate surface area is 400 Å². The molecule has 0 spiro atoms. The van der Waals surface area contributed by atoms with E-state index in [1.54, 1.807) is 0 Å². The van der Waals surface area contributed by atoms with E-state index in [0.29, 0.717) is 48.5 Å². The molecule has 0 aliphatic carbocycles. The number of phenolic OH excluding ortho intramolecular Hbond substituents is 2. The van der Waals surface area contributed by atoms with E-state index < -0.39 is 189 Å². The first-order valence-electron chi connectivity index (χ1n) is 17.7. The highest BCUT2D eigenvalue weighted by molar-refractivity contribution is 7.87. The van der Waals surface area contributed by atoms with E-state index in [-0.39, 0.29) is 18.2 Å². The summed E-state index contributed by atoms with van der Waals surface area (Å²) < 4.78 is 242. The van der Waals surface area contributed by atoms with Crippen molar-refractivity contribution in [1.82, 2.24) is 0 Å². The number of fused-ring (bicyclic) bond motifs is 2. The number of nitrogens with two attached hydrogens (primary N) is 1. The Morgan fingerprint density at radius 3 is 1.32 bits per heavy atom. The Hall–Kier alpha value is -7.19. The first-order valence-corrected chi connectivity index (χ1v) is 27.8. The number of azo groups is 3. The Kier molecular flexibility index (Phi) is 13.6. The molecule has 72 heavy (non-hydrogen) atoms. The molecule has 40 heteroatoms. The minimum atomic E-state index is -5.76. The van der Waals surface area contributed by atoms with Crippen molar-refractivity contribution in [3.05, 3.63) is 76.8 Å². The molecule has 0 atom stereocenters. The fraction of sp³-hybridized carbons (Fsp3) is 0. The molecule has 0 fully saturated rings. The van der Waals surface area contributed by atoms with Gasteiger partial charge in [0.2, 0.25) is 0 Å². The Bertz CT molecular complexity index is 4360. The highest BCUT2D eigenvalue weighted by atomic mass is 32.2. The number of benzene rings is 6. The summed E-state index contributed by atoms with van der Waals surface area (Å²) in [7, 11) is -38.7. The molecule has 0 saturated heterocycles. The summed E-state index contributed by atoms with van der Waals surface area (Å²) in [5, 5.41) is 50.5. The molecule has 0 aliphatic heterocycles. The van der Waals surface area contributed by atoms with Crippen molar-refractivity contribution < 1.29 is 106 Å². The molecule has 0 radical (unpaired) electrons. The van der Waals surface area contributed by atoms with Gasteiger partial charge in [0, 0.05) is 28.3 Å². The second-order valence-electron chi connectivity index (χ2n) is 13.8. The lowest BCUT2D eigenvalue weighted by molar-refractivity contribution is -0.385. The second-order valence-corrected chi connectivity index (χ2v) is 23.6. The first kappa shape index (κ1) is 54.1. The molecule has 0 unspecified atom stereocenters. The SMILES string of the molecule is Nc1c(N=Nc2ccc3c(O)c(N=Nc4ccc(S(=O)(=O)O)cc4S(=O)(=O)O)c(S(=O)(=O)O)cc3c2S(=O)(=O)O)cc(S(=O)(=O)O)c2cc(S(=O)(=O)O)c(N=Nc3ccc([N+](=O)[O-])cc3S(=O)(=O)O)c(O)c12. The van der Waals surface area contributed by atoms with Crippen molar-refractivity contribution in [1.29, 1.82) is 0 Å². The summed E-state index contributed by atoms with van der Waals surface area (Å²) in [6.45, 7) is 0. The molecule has 11 N–H and O–H groups in total. The van der Waals surface area contributed by atoms with Crippen LogP contribution in [-0.2, 0) is 70.8 Å². The van der Waals surface area contributed by atoms with Gasteiger partial charge in [0.05, 0.1) is 20.9 Å². The van der Waals surface area contributed by atoms with Crippen LogP contribution in [0.5, 0.6) is 11.5 Å². The van der Waals surface area contributed by atoms with E-state index in [4.69, 9.17) is 5.73 Å². The minimum absolute atomic E-state index is 0.192. The Morgan fingerprint density at radius 2 is 0.847 bits per heavy atom. The van der Waals surface area contributed by atoms with Crippen molar-refractivity contribution >= 4 is 138 Å². The Balaban J connectivity index is 1.61. The highest BCUT2D eigenvalue weighted by Crippen LogP contribution is 2.50. The summed E-state index contributed by atoms with van der Waals surface area (Å²) in [6, 6.07) is 4.83. The van der Waals surface area contributed by atoms with Gasteiger partial charge >= 0.3 is 0 Å². The minimum Gasteiger partial charge on any atom is -0.505 e. The smallest absolute Gasteiger partial charge is 0.297 e. The standard InChI is InChI=1S/C32H22N8O25S7/c33-27-20(11-21(67(48,49)50)16-10-25(71(60,61)62)29(31(42)26(16)27)39-34-17-4-1-12(40(43)44)7-22(17)68(51,52)53)37-36-19-6-3-14-15(32(19)72(63,64)65)9-24(70(57,58)59)28(30(14)41)38-35-18-5-2-13(66(45,46)47)8-23(18)69(54,55)56/h1-11,41-42H,33H2,(H,45,46,47)(H,48,49,50)(H,51,52,53)(H,54,55,56)(H,57,58,59)(H,60,61,62)(H,63,64,65).